The Morgan fingerprint density at radius 1 is 1.13 bits per heavy atom. The molecule has 2 atom stereocenters. The monoisotopic (exact) mass is 396 g/mol. The fourth-order valence-electron chi connectivity index (χ4n) is 2.52. The van der Waals surface area contributed by atoms with Gasteiger partial charge in [-0.1, -0.05) is 27.5 Å². The van der Waals surface area contributed by atoms with Crippen LogP contribution in [0, 0.1) is 0 Å². The summed E-state index contributed by atoms with van der Waals surface area (Å²) in [7, 11) is 0. The van der Waals surface area contributed by atoms with Gasteiger partial charge in [-0.05, 0) is 61.9 Å². The topological polar surface area (TPSA) is 27.7 Å². The van der Waals surface area contributed by atoms with Gasteiger partial charge in [-0.25, -0.2) is 0 Å². The molecule has 0 spiro atoms. The van der Waals surface area contributed by atoms with E-state index in [1.165, 1.54) is 0 Å². The fraction of sp³-hybridized carbons (Fsp3) is 0.333. The van der Waals surface area contributed by atoms with Crippen LogP contribution < -0.4 is 4.74 Å². The minimum absolute atomic E-state index is 0.172. The largest absolute Gasteiger partial charge is 0.457 e. The van der Waals surface area contributed by atoms with Crippen LogP contribution in [0.3, 0.4) is 0 Å². The van der Waals surface area contributed by atoms with Crippen LogP contribution in [0.15, 0.2) is 48.5 Å². The summed E-state index contributed by atoms with van der Waals surface area (Å²) in [6.45, 7) is 2.76. The van der Waals surface area contributed by atoms with Crippen LogP contribution in [-0.4, -0.2) is 18.0 Å². The molecule has 3 rings (SSSR count). The van der Waals surface area contributed by atoms with Crippen molar-refractivity contribution in [3.63, 3.8) is 0 Å². The summed E-state index contributed by atoms with van der Waals surface area (Å²) in [4.78, 5) is 0. The predicted octanol–water partition coefficient (Wildman–Crippen LogP) is 5.51. The lowest BCUT2D eigenvalue weighted by Gasteiger charge is -2.39. The molecule has 0 N–H and O–H groups in total. The second-order valence-corrected chi connectivity index (χ2v) is 6.53. The van der Waals surface area contributed by atoms with Gasteiger partial charge in [0.05, 0.1) is 18.0 Å². The normalized spacial score (nSPS) is 24.4. The summed E-state index contributed by atoms with van der Waals surface area (Å²) < 4.78 is 17.8. The highest BCUT2D eigenvalue weighted by atomic mass is 79.9. The van der Waals surface area contributed by atoms with Gasteiger partial charge >= 0.3 is 0 Å². The Bertz CT molecular complexity index is 644. The minimum Gasteiger partial charge on any atom is -0.457 e. The van der Waals surface area contributed by atoms with E-state index in [-0.39, 0.29) is 6.10 Å². The van der Waals surface area contributed by atoms with Gasteiger partial charge < -0.3 is 14.2 Å². The molecule has 1 aliphatic rings. The van der Waals surface area contributed by atoms with E-state index in [9.17, 15) is 0 Å². The van der Waals surface area contributed by atoms with Gasteiger partial charge in [0, 0.05) is 10.6 Å². The fourth-order valence-corrected chi connectivity index (χ4v) is 3.27. The van der Waals surface area contributed by atoms with Gasteiger partial charge in [-0.15, -0.1) is 0 Å². The van der Waals surface area contributed by atoms with Crippen LogP contribution in [0.5, 0.6) is 11.5 Å². The molecule has 1 heterocycles. The SMILES string of the molecule is CC1CCOC(CBr)(c2ccc(Oc3ccc(Cl)cc3)cc2)O1. The molecule has 1 aliphatic heterocycles. The first-order valence-corrected chi connectivity index (χ1v) is 9.03. The molecule has 0 aromatic heterocycles. The molecule has 1 fully saturated rings. The molecule has 5 heteroatoms. The lowest BCUT2D eigenvalue weighted by Crippen LogP contribution is -2.42. The Balaban J connectivity index is 1.77. The zero-order valence-corrected chi connectivity index (χ0v) is 15.1. The number of hydrogen-bond donors (Lipinski definition) is 0. The molecule has 0 amide bonds. The third-order valence-electron chi connectivity index (χ3n) is 3.77. The molecule has 0 aliphatic carbocycles. The van der Waals surface area contributed by atoms with Crippen molar-refractivity contribution in [3.8, 4) is 11.5 Å². The standard InChI is InChI=1S/C18H18BrClO3/c1-13-10-11-21-18(12-19,23-13)14-2-6-16(7-3-14)22-17-8-4-15(20)5-9-17/h2-9,13H,10-12H2,1H3. The van der Waals surface area contributed by atoms with Crippen molar-refractivity contribution >= 4 is 27.5 Å². The summed E-state index contributed by atoms with van der Waals surface area (Å²) in [5.41, 5.74) is 0.976. The maximum atomic E-state index is 6.06. The highest BCUT2D eigenvalue weighted by molar-refractivity contribution is 9.09. The zero-order chi connectivity index (χ0) is 16.3. The van der Waals surface area contributed by atoms with Crippen molar-refractivity contribution in [1.82, 2.24) is 0 Å². The van der Waals surface area contributed by atoms with Crippen molar-refractivity contribution in [1.29, 1.82) is 0 Å². The molecule has 0 saturated carbocycles. The van der Waals surface area contributed by atoms with Crippen LogP contribution >= 0.6 is 27.5 Å². The van der Waals surface area contributed by atoms with Crippen LogP contribution in [0.1, 0.15) is 18.9 Å². The number of ether oxygens (including phenoxy) is 3. The van der Waals surface area contributed by atoms with Crippen molar-refractivity contribution in [3.05, 3.63) is 59.1 Å². The van der Waals surface area contributed by atoms with Gasteiger partial charge in [0.1, 0.15) is 11.5 Å². The molecule has 0 radical (unpaired) electrons. The second kappa shape index (κ2) is 7.22. The van der Waals surface area contributed by atoms with Gasteiger partial charge in [0.15, 0.2) is 0 Å². The minimum atomic E-state index is -0.726. The number of hydrogen-bond acceptors (Lipinski definition) is 3. The Morgan fingerprint density at radius 2 is 1.74 bits per heavy atom. The van der Waals surface area contributed by atoms with E-state index in [1.807, 2.05) is 36.4 Å². The van der Waals surface area contributed by atoms with E-state index in [0.29, 0.717) is 17.0 Å². The number of halogens is 2. The Labute approximate surface area is 149 Å². The predicted molar refractivity (Wildman–Crippen MR) is 94.6 cm³/mol. The molecule has 2 unspecified atom stereocenters. The van der Waals surface area contributed by atoms with E-state index in [0.717, 1.165) is 23.5 Å². The average molecular weight is 398 g/mol. The lowest BCUT2D eigenvalue weighted by molar-refractivity contribution is -0.285. The summed E-state index contributed by atoms with van der Waals surface area (Å²) >= 11 is 9.39. The van der Waals surface area contributed by atoms with E-state index in [1.54, 1.807) is 12.1 Å². The first kappa shape index (κ1) is 16.8. The van der Waals surface area contributed by atoms with Gasteiger partial charge in [0.2, 0.25) is 5.79 Å². The van der Waals surface area contributed by atoms with E-state index in [4.69, 9.17) is 25.8 Å². The Morgan fingerprint density at radius 3 is 2.30 bits per heavy atom. The summed E-state index contributed by atoms with van der Waals surface area (Å²) in [5.74, 6) is 0.775. The maximum Gasteiger partial charge on any atom is 0.205 e. The molecule has 0 bridgehead atoms. The molecule has 2 aromatic carbocycles. The molecule has 122 valence electrons. The summed E-state index contributed by atoms with van der Waals surface area (Å²) in [6.07, 6.45) is 1.08. The average Bonchev–Trinajstić information content (AvgIpc) is 2.57. The first-order chi connectivity index (χ1) is 11.1. The maximum absolute atomic E-state index is 6.06. The van der Waals surface area contributed by atoms with Crippen LogP contribution in [-0.2, 0) is 15.3 Å². The Hall–Kier alpha value is -1.07. The van der Waals surface area contributed by atoms with Gasteiger partial charge in [-0.2, -0.15) is 0 Å². The lowest BCUT2D eigenvalue weighted by atomic mass is 10.1. The van der Waals surface area contributed by atoms with E-state index in [2.05, 4.69) is 22.9 Å². The molecule has 1 saturated heterocycles. The van der Waals surface area contributed by atoms with Crippen molar-refractivity contribution in [2.24, 2.45) is 0 Å². The van der Waals surface area contributed by atoms with Gasteiger partial charge in [-0.3, -0.25) is 0 Å². The third-order valence-corrected chi connectivity index (χ3v) is 4.76. The summed E-state index contributed by atoms with van der Waals surface area (Å²) in [5, 5.41) is 1.27. The van der Waals surface area contributed by atoms with Crippen molar-refractivity contribution in [2.75, 3.05) is 11.9 Å². The number of alkyl halides is 1. The van der Waals surface area contributed by atoms with E-state index >= 15 is 0 Å². The molecule has 3 nitrogen and oxygen atoms in total. The molecular formula is C18H18BrClO3. The number of benzene rings is 2. The van der Waals surface area contributed by atoms with Crippen molar-refractivity contribution < 1.29 is 14.2 Å². The summed E-state index contributed by atoms with van der Waals surface area (Å²) in [6, 6.07) is 15.1. The highest BCUT2D eigenvalue weighted by Gasteiger charge is 2.38. The quantitative estimate of drug-likeness (QED) is 0.637. The zero-order valence-electron chi connectivity index (χ0n) is 12.8. The van der Waals surface area contributed by atoms with E-state index < -0.39 is 5.79 Å². The highest BCUT2D eigenvalue weighted by Crippen LogP contribution is 2.36. The van der Waals surface area contributed by atoms with Crippen molar-refractivity contribution in [2.45, 2.75) is 25.2 Å². The molecule has 2 aromatic rings. The van der Waals surface area contributed by atoms with Gasteiger partial charge in [0.25, 0.3) is 0 Å². The van der Waals surface area contributed by atoms with Crippen LogP contribution in [0.2, 0.25) is 5.02 Å². The molecule has 23 heavy (non-hydrogen) atoms. The smallest absolute Gasteiger partial charge is 0.205 e. The third kappa shape index (κ3) is 3.89. The first-order valence-electron chi connectivity index (χ1n) is 7.53. The molecular weight excluding hydrogens is 380 g/mol. The number of rotatable bonds is 4. The second-order valence-electron chi connectivity index (χ2n) is 5.53. The van der Waals surface area contributed by atoms with Crippen LogP contribution in [0.4, 0.5) is 0 Å². The van der Waals surface area contributed by atoms with Crippen LogP contribution in [0.25, 0.3) is 0 Å². The Kier molecular flexibility index (Phi) is 5.27.